The summed E-state index contributed by atoms with van der Waals surface area (Å²) in [6.45, 7) is 1.53. The van der Waals surface area contributed by atoms with Crippen molar-refractivity contribution in [3.05, 3.63) is 12.2 Å². The highest BCUT2D eigenvalue weighted by Gasteiger charge is 2.41. The Kier molecular flexibility index (Phi) is 18.3. The van der Waals surface area contributed by atoms with Crippen LogP contribution in [0.2, 0.25) is 0 Å². The fraction of sp³-hybridized carbons (Fsp3) is 0.857. The van der Waals surface area contributed by atoms with Crippen LogP contribution in [0.3, 0.4) is 0 Å². The Morgan fingerprint density at radius 1 is 0.852 bits per heavy atom. The molecule has 0 radical (unpaired) electrons. The summed E-state index contributed by atoms with van der Waals surface area (Å²) >= 11 is 0. The molecule has 0 aliphatic heterocycles. The number of hydrogen-bond acceptors (Lipinski definition) is 5. The molecule has 6 heteroatoms. The molecule has 5 nitrogen and oxygen atoms in total. The first-order valence-electron chi connectivity index (χ1n) is 10.7. The van der Waals surface area contributed by atoms with E-state index in [0.29, 0.717) is 6.42 Å². The summed E-state index contributed by atoms with van der Waals surface area (Å²) in [5.41, 5.74) is -0.525. The minimum atomic E-state index is -2.54. The minimum Gasteiger partial charge on any atom is -0.393 e. The van der Waals surface area contributed by atoms with E-state index in [9.17, 15) is 19.6 Å². The fourth-order valence-electron chi connectivity index (χ4n) is 2.86. The van der Waals surface area contributed by atoms with Crippen LogP contribution in [0.1, 0.15) is 96.8 Å². The lowest BCUT2D eigenvalue weighted by molar-refractivity contribution is -0.112. The first-order chi connectivity index (χ1) is 13.0. The van der Waals surface area contributed by atoms with Crippen LogP contribution in [-0.2, 0) is 9.36 Å². The summed E-state index contributed by atoms with van der Waals surface area (Å²) < 4.78 is 11.7. The summed E-state index contributed by atoms with van der Waals surface area (Å²) in [7, 11) is -2.54. The molecule has 0 amide bonds. The molecule has 0 rings (SSSR count). The molecule has 3 N–H and O–H groups in total. The van der Waals surface area contributed by atoms with Crippen molar-refractivity contribution in [3.63, 3.8) is 0 Å². The molecule has 3 unspecified atom stereocenters. The van der Waals surface area contributed by atoms with Crippen LogP contribution in [0.25, 0.3) is 0 Å². The molecule has 0 fully saturated rings. The lowest BCUT2D eigenvalue weighted by atomic mass is 10.1. The summed E-state index contributed by atoms with van der Waals surface area (Å²) in [6, 6.07) is 0. The van der Waals surface area contributed by atoms with Gasteiger partial charge in [-0.15, -0.1) is 0 Å². The van der Waals surface area contributed by atoms with Gasteiger partial charge in [0.05, 0.1) is 13.0 Å². The van der Waals surface area contributed by atoms with Gasteiger partial charge in [-0.2, -0.15) is 0 Å². The number of unbranched alkanes of at least 4 members (excludes halogenated alkanes) is 11. The third-order valence-electron chi connectivity index (χ3n) is 4.67. The van der Waals surface area contributed by atoms with E-state index in [-0.39, 0.29) is 6.42 Å². The van der Waals surface area contributed by atoms with Crippen molar-refractivity contribution in [1.82, 2.24) is 0 Å². The lowest BCUT2D eigenvalue weighted by Crippen LogP contribution is -2.27. The second-order valence-corrected chi connectivity index (χ2v) is 8.90. The van der Waals surface area contributed by atoms with Gasteiger partial charge in [0, 0.05) is 0 Å². The zero-order chi connectivity index (χ0) is 20.3. The first kappa shape index (κ1) is 26.4. The summed E-state index contributed by atoms with van der Waals surface area (Å²) in [4.78, 5) is 11.7. The third kappa shape index (κ3) is 15.0. The zero-order valence-electron chi connectivity index (χ0n) is 17.0. The molecule has 0 heterocycles. The second-order valence-electron chi connectivity index (χ2n) is 7.22. The number of rotatable bonds is 19. The highest BCUT2D eigenvalue weighted by atomic mass is 31.1. The van der Waals surface area contributed by atoms with E-state index < -0.39 is 31.9 Å². The molecule has 158 valence electrons. The Bertz CT molecular complexity index is 411. The molecule has 0 saturated carbocycles. The molecule has 3 atom stereocenters. The van der Waals surface area contributed by atoms with Gasteiger partial charge >= 0.3 is 13.3 Å². The van der Waals surface area contributed by atoms with Crippen molar-refractivity contribution in [2.45, 2.75) is 109 Å². The van der Waals surface area contributed by atoms with Crippen molar-refractivity contribution >= 4 is 13.3 Å². The Hall–Kier alpha value is -0.610. The van der Waals surface area contributed by atoms with Gasteiger partial charge in [0.1, 0.15) is 6.10 Å². The van der Waals surface area contributed by atoms with Crippen LogP contribution in [0.5, 0.6) is 0 Å². The molecule has 0 aliphatic rings. The molecule has 0 saturated heterocycles. The largest absolute Gasteiger partial charge is 0.448 e. The van der Waals surface area contributed by atoms with Crippen LogP contribution in [0.4, 0.5) is 0 Å². The van der Waals surface area contributed by atoms with Gasteiger partial charge in [-0.1, -0.05) is 75.0 Å². The normalized spacial score (nSPS) is 14.4. The van der Waals surface area contributed by atoms with E-state index in [0.717, 1.165) is 32.1 Å². The van der Waals surface area contributed by atoms with Crippen LogP contribution >= 0.6 is 7.80 Å². The molecule has 27 heavy (non-hydrogen) atoms. The van der Waals surface area contributed by atoms with Crippen molar-refractivity contribution in [2.75, 3.05) is 6.61 Å². The molecule has 0 aliphatic carbocycles. The predicted octanol–water partition coefficient (Wildman–Crippen LogP) is 5.05. The van der Waals surface area contributed by atoms with E-state index in [1.807, 2.05) is 0 Å². The van der Waals surface area contributed by atoms with Crippen LogP contribution in [-0.4, -0.2) is 39.4 Å². The van der Waals surface area contributed by atoms with E-state index in [1.54, 1.807) is 0 Å². The molecular weight excluding hydrogens is 363 g/mol. The maximum absolute atomic E-state index is 11.7. The Morgan fingerprint density at radius 2 is 1.33 bits per heavy atom. The zero-order valence-corrected chi connectivity index (χ0v) is 17.9. The lowest BCUT2D eigenvalue weighted by Gasteiger charge is -2.04. The number of carbonyl (C=O) groups is 1. The molecular formula is C21H40O5P+. The Balaban J connectivity index is 3.48. The number of aliphatic hydroxyl groups excluding tert-OH is 3. The standard InChI is InChI=1S/C21H40O5P/c1-2-3-4-5-6-7-8-9-10-11-12-13-14-15-16-17-20(24)27(26)21(25)19(23)18-22/h9-10,19,21-23,25H,2-8,11-18H2,1H3/q+1/b10-9-. The van der Waals surface area contributed by atoms with Gasteiger partial charge in [0.15, 0.2) is 0 Å². The molecule has 0 bridgehead atoms. The third-order valence-corrected chi connectivity index (χ3v) is 6.21. The number of aliphatic hydroxyl groups is 3. The van der Waals surface area contributed by atoms with Gasteiger partial charge in [-0.05, 0) is 32.1 Å². The van der Waals surface area contributed by atoms with Crippen LogP contribution < -0.4 is 0 Å². The van der Waals surface area contributed by atoms with Gasteiger partial charge in [0.2, 0.25) is 0 Å². The average Bonchev–Trinajstić information content (AvgIpc) is 2.68. The van der Waals surface area contributed by atoms with Crippen molar-refractivity contribution in [1.29, 1.82) is 0 Å². The van der Waals surface area contributed by atoms with Crippen molar-refractivity contribution < 1.29 is 24.7 Å². The second kappa shape index (κ2) is 18.7. The van der Waals surface area contributed by atoms with Gasteiger partial charge < -0.3 is 15.3 Å². The molecule has 0 aromatic carbocycles. The number of hydrogen-bond donors (Lipinski definition) is 3. The quantitative estimate of drug-likeness (QED) is 0.159. The minimum absolute atomic E-state index is 0.155. The monoisotopic (exact) mass is 403 g/mol. The summed E-state index contributed by atoms with van der Waals surface area (Å²) in [5, 5.41) is 27.4. The highest BCUT2D eigenvalue weighted by Crippen LogP contribution is 2.31. The van der Waals surface area contributed by atoms with E-state index in [1.165, 1.54) is 44.9 Å². The number of allylic oxidation sites excluding steroid dienone is 2. The predicted molar refractivity (Wildman–Crippen MR) is 111 cm³/mol. The van der Waals surface area contributed by atoms with Crippen molar-refractivity contribution in [3.8, 4) is 0 Å². The van der Waals surface area contributed by atoms with Gasteiger partial charge in [0.25, 0.3) is 5.85 Å². The van der Waals surface area contributed by atoms with E-state index in [2.05, 4.69) is 19.1 Å². The molecule has 0 aromatic heterocycles. The first-order valence-corrected chi connectivity index (χ1v) is 12.0. The van der Waals surface area contributed by atoms with Gasteiger partial charge in [-0.25, -0.2) is 4.79 Å². The van der Waals surface area contributed by atoms with E-state index in [4.69, 9.17) is 5.11 Å². The summed E-state index contributed by atoms with van der Waals surface area (Å²) in [5.74, 6) is -1.67. The molecule has 0 spiro atoms. The van der Waals surface area contributed by atoms with Crippen LogP contribution in [0.15, 0.2) is 12.2 Å². The van der Waals surface area contributed by atoms with Crippen molar-refractivity contribution in [2.24, 2.45) is 0 Å². The number of carbonyl (C=O) groups excluding carboxylic acids is 1. The average molecular weight is 404 g/mol. The molecule has 0 aromatic rings. The Morgan fingerprint density at radius 3 is 1.85 bits per heavy atom. The topological polar surface area (TPSA) is 94.8 Å². The highest BCUT2D eigenvalue weighted by molar-refractivity contribution is 7.64. The fourth-order valence-corrected chi connectivity index (χ4v) is 3.94. The van der Waals surface area contributed by atoms with E-state index >= 15 is 0 Å². The van der Waals surface area contributed by atoms with Crippen LogP contribution in [0, 0.1) is 0 Å². The van der Waals surface area contributed by atoms with Gasteiger partial charge in [-0.3, -0.25) is 0 Å². The Labute approximate surface area is 166 Å². The maximum atomic E-state index is 11.7. The summed E-state index contributed by atoms with van der Waals surface area (Å²) in [6.07, 6.45) is 18.4. The SMILES string of the molecule is CCCCCCCC/C=C\CCCCCCCC(=O)[P+](=O)C(O)C(O)CO. The maximum Gasteiger partial charge on any atom is 0.448 e. The smallest absolute Gasteiger partial charge is 0.393 e.